The summed E-state index contributed by atoms with van der Waals surface area (Å²) in [5.41, 5.74) is 1.35. The SMILES string of the molecule is Cc1cc(F)cc(I)c1O.Cc1cc(F)cc(I)c1OCCCOc1ccc(F)cc1I.Fc1ccc(OCCCBr)c(I)c1.O=CO[O-].[H-].[K+].[K+]. The summed E-state index contributed by atoms with van der Waals surface area (Å²) in [4.78, 5) is 11.2. The first-order valence-electron chi connectivity index (χ1n) is 13.9. The maximum absolute atomic E-state index is 13.2. The molecule has 0 amide bonds. The third-order valence-electron chi connectivity index (χ3n) is 5.57. The number of phenolic OH excluding ortho intramolecular Hbond substituents is 1. The van der Waals surface area contributed by atoms with Crippen LogP contribution in [0.1, 0.15) is 25.4 Å². The fourth-order valence-electron chi connectivity index (χ4n) is 3.40. The molecule has 0 aliphatic rings. The average molecular weight is 1280 g/mol. The van der Waals surface area contributed by atoms with Crippen molar-refractivity contribution in [3.05, 3.63) is 109 Å². The molecule has 0 radical (unpaired) electrons. The van der Waals surface area contributed by atoms with Crippen LogP contribution >= 0.6 is 106 Å². The number of hydrogen-bond acceptors (Lipinski definition) is 7. The Hall–Kier alpha value is 1.90. The Morgan fingerprint density at radius 3 is 1.51 bits per heavy atom. The molecule has 0 heterocycles. The number of carbonyl (C=O) groups is 1. The number of carbonyl (C=O) groups excluding carboxylic acids is 1. The molecule has 0 bridgehead atoms. The zero-order valence-electron chi connectivity index (χ0n) is 28.9. The first kappa shape index (κ1) is 55.0. The normalized spacial score (nSPS) is 9.49. The van der Waals surface area contributed by atoms with E-state index in [2.05, 4.69) is 66.0 Å². The first-order chi connectivity index (χ1) is 23.2. The van der Waals surface area contributed by atoms with E-state index in [0.29, 0.717) is 46.9 Å². The van der Waals surface area contributed by atoms with E-state index in [9.17, 15) is 17.6 Å². The van der Waals surface area contributed by atoms with Crippen molar-refractivity contribution >= 4 is 113 Å². The van der Waals surface area contributed by atoms with Gasteiger partial charge in [-0.2, -0.15) is 0 Å². The van der Waals surface area contributed by atoms with Crippen molar-refractivity contribution in [2.75, 3.05) is 25.2 Å². The van der Waals surface area contributed by atoms with Crippen molar-refractivity contribution in [1.82, 2.24) is 0 Å². The number of aryl methyl sites for hydroxylation is 2. The van der Waals surface area contributed by atoms with E-state index in [1.54, 1.807) is 19.1 Å². The van der Waals surface area contributed by atoms with Crippen molar-refractivity contribution in [2.24, 2.45) is 0 Å². The van der Waals surface area contributed by atoms with E-state index in [-0.39, 0.29) is 140 Å². The third-order valence-corrected chi connectivity index (χ3v) is 9.44. The predicted molar refractivity (Wildman–Crippen MR) is 215 cm³/mol. The first-order valence-corrected chi connectivity index (χ1v) is 19.3. The molecule has 0 aliphatic heterocycles. The quantitative estimate of drug-likeness (QED) is 0.0356. The zero-order chi connectivity index (χ0) is 36.9. The van der Waals surface area contributed by atoms with Gasteiger partial charge in [0.1, 0.15) is 46.3 Å². The zero-order valence-corrected chi connectivity index (χ0v) is 44.4. The van der Waals surface area contributed by atoms with Crippen molar-refractivity contribution < 1.29 is 156 Å². The molecule has 270 valence electrons. The summed E-state index contributed by atoms with van der Waals surface area (Å²) in [7, 11) is 0. The maximum atomic E-state index is 13.2. The van der Waals surface area contributed by atoms with E-state index in [1.165, 1.54) is 48.5 Å². The van der Waals surface area contributed by atoms with E-state index < -0.39 is 0 Å². The van der Waals surface area contributed by atoms with E-state index in [1.807, 2.05) is 52.1 Å². The van der Waals surface area contributed by atoms with E-state index >= 15 is 0 Å². The molecule has 1 N–H and O–H groups in total. The Morgan fingerprint density at radius 2 is 1.10 bits per heavy atom. The average Bonchev–Trinajstić information content (AvgIpc) is 3.03. The van der Waals surface area contributed by atoms with Gasteiger partial charge in [-0.15, -0.1) is 0 Å². The fraction of sp³-hybridized carbons (Fsp3) is 0.242. The summed E-state index contributed by atoms with van der Waals surface area (Å²) in [6, 6.07) is 14.4. The fourth-order valence-corrected chi connectivity index (χ4v) is 6.50. The number of phenols is 1. The summed E-state index contributed by atoms with van der Waals surface area (Å²) >= 11 is 11.3. The van der Waals surface area contributed by atoms with Gasteiger partial charge in [0, 0.05) is 11.8 Å². The van der Waals surface area contributed by atoms with Gasteiger partial charge in [-0.3, -0.25) is 4.79 Å². The molecule has 0 spiro atoms. The van der Waals surface area contributed by atoms with Crippen molar-refractivity contribution in [2.45, 2.75) is 26.7 Å². The maximum Gasteiger partial charge on any atom is 1.00 e. The number of rotatable bonds is 11. The molecule has 51 heavy (non-hydrogen) atoms. The van der Waals surface area contributed by atoms with Crippen LogP contribution in [0, 0.1) is 51.4 Å². The standard InChI is InChI=1S/C16H14F2I2O2.C9H9BrFIO.C7H6FIO.CH2O3.2K.H/c1-10-7-12(18)9-14(20)16(10)22-6-2-5-21-15-4-3-11(17)8-13(15)19;10-4-1-5-13-9-3-2-7(11)6-8(9)12;1-4-2-5(8)3-6(9)7(4)10;2-1-4-3;;;/h3-4,7-9H,2,5-6H2,1H3;2-3,6H,1,4-5H2;2-3,10H,1H3;1,3H;;;/q;;;;2*+1;-1/p-1. The number of ether oxygens (including phenoxy) is 3. The number of halogens is 9. The van der Waals surface area contributed by atoms with Crippen LogP contribution in [0.5, 0.6) is 23.0 Å². The van der Waals surface area contributed by atoms with Gasteiger partial charge in [-0.1, -0.05) is 15.9 Å². The van der Waals surface area contributed by atoms with Crippen LogP contribution in [0.3, 0.4) is 0 Å². The minimum Gasteiger partial charge on any atom is -1.00 e. The second-order valence-corrected chi connectivity index (χ2v) is 14.8. The van der Waals surface area contributed by atoms with Crippen molar-refractivity contribution in [1.29, 1.82) is 0 Å². The molecule has 0 saturated heterocycles. The summed E-state index contributed by atoms with van der Waals surface area (Å²) in [5, 5.41) is 18.5. The summed E-state index contributed by atoms with van der Waals surface area (Å²) in [6.07, 6.45) is 1.63. The molecular formula is C33H31BrF4I4K2O7. The molecule has 4 aromatic carbocycles. The smallest absolute Gasteiger partial charge is 1.00 e. The topological polar surface area (TPSA) is 97.3 Å². The van der Waals surface area contributed by atoms with E-state index in [0.717, 1.165) is 33.8 Å². The second-order valence-electron chi connectivity index (χ2n) is 9.37. The van der Waals surface area contributed by atoms with Crippen LogP contribution in [0.2, 0.25) is 0 Å². The number of alkyl halides is 1. The molecule has 4 aromatic rings. The Labute approximate surface area is 444 Å². The van der Waals surface area contributed by atoms with Crippen LogP contribution < -0.4 is 122 Å². The molecule has 7 nitrogen and oxygen atoms in total. The minimum atomic E-state index is -0.306. The van der Waals surface area contributed by atoms with Gasteiger partial charge >= 0.3 is 103 Å². The molecule has 0 aliphatic carbocycles. The Kier molecular flexibility index (Phi) is 34.4. The van der Waals surface area contributed by atoms with Crippen molar-refractivity contribution in [3.8, 4) is 23.0 Å². The number of benzene rings is 4. The van der Waals surface area contributed by atoms with Crippen LogP contribution in [0.15, 0.2) is 60.7 Å². The van der Waals surface area contributed by atoms with Gasteiger partial charge in [0.05, 0.1) is 34.1 Å². The van der Waals surface area contributed by atoms with Crippen LogP contribution in [-0.2, 0) is 9.68 Å². The van der Waals surface area contributed by atoms with Gasteiger partial charge < -0.3 is 30.9 Å². The van der Waals surface area contributed by atoms with Gasteiger partial charge in [0.2, 0.25) is 0 Å². The number of aromatic hydroxyl groups is 1. The van der Waals surface area contributed by atoms with Crippen LogP contribution in [-0.4, -0.2) is 36.7 Å². The third kappa shape index (κ3) is 23.7. The largest absolute Gasteiger partial charge is 1.00 e. The Morgan fingerprint density at radius 1 is 0.686 bits per heavy atom. The molecule has 0 fully saturated rings. The predicted octanol–water partition coefficient (Wildman–Crippen LogP) is 3.92. The van der Waals surface area contributed by atoms with Crippen LogP contribution in [0.25, 0.3) is 0 Å². The van der Waals surface area contributed by atoms with Gasteiger partial charge in [0.25, 0.3) is 6.47 Å². The Balaban J connectivity index is -0.000000686. The van der Waals surface area contributed by atoms with Crippen molar-refractivity contribution in [3.63, 3.8) is 0 Å². The van der Waals surface area contributed by atoms with Gasteiger partial charge in [-0.25, -0.2) is 17.6 Å². The van der Waals surface area contributed by atoms with E-state index in [4.69, 9.17) is 29.4 Å². The minimum absolute atomic E-state index is 0. The molecule has 0 saturated carbocycles. The molecule has 18 heteroatoms. The monoisotopic (exact) mass is 1280 g/mol. The molecular weight excluding hydrogens is 1250 g/mol. The summed E-state index contributed by atoms with van der Waals surface area (Å²) in [5.74, 6) is 1.22. The molecule has 0 unspecified atom stereocenters. The number of hydrogen-bond donors (Lipinski definition) is 1. The molecule has 0 aromatic heterocycles. The van der Waals surface area contributed by atoms with Crippen LogP contribution in [0.4, 0.5) is 17.6 Å². The summed E-state index contributed by atoms with van der Waals surface area (Å²) in [6.45, 7) is 4.91. The van der Waals surface area contributed by atoms with Gasteiger partial charge in [-0.05, 0) is 182 Å². The molecule has 4 rings (SSSR count). The Bertz CT molecular complexity index is 1590. The second kappa shape index (κ2) is 31.9. The summed E-state index contributed by atoms with van der Waals surface area (Å²) < 4.78 is 70.9. The van der Waals surface area contributed by atoms with Gasteiger partial charge in [0.15, 0.2) is 0 Å². The molecule has 0 atom stereocenters.